The maximum Gasteiger partial charge on any atom is 0.0334 e. The molecule has 0 saturated carbocycles. The van der Waals surface area contributed by atoms with Crippen LogP contribution in [0.3, 0.4) is 0 Å². The van der Waals surface area contributed by atoms with E-state index >= 15 is 0 Å². The lowest BCUT2D eigenvalue weighted by Gasteiger charge is -2.39. The number of nitrogens with one attached hydrogen (secondary N) is 1. The number of hydrogen-bond acceptors (Lipinski definition) is 3. The minimum atomic E-state index is 0.755. The Hall–Kier alpha value is -0.380. The van der Waals surface area contributed by atoms with Gasteiger partial charge in [0.25, 0.3) is 0 Å². The Balaban J connectivity index is 1.69. The molecule has 0 bridgehead atoms. The first-order valence-electron chi connectivity index (χ1n) is 7.35. The van der Waals surface area contributed by atoms with Crippen molar-refractivity contribution in [2.75, 3.05) is 13.1 Å². The smallest absolute Gasteiger partial charge is 0.0334 e. The molecule has 2 aliphatic heterocycles. The van der Waals surface area contributed by atoms with Crippen molar-refractivity contribution in [2.24, 2.45) is 0 Å². The topological polar surface area (TPSA) is 15.3 Å². The molecular weight excluding hydrogens is 240 g/mol. The largest absolute Gasteiger partial charge is 0.312 e. The Morgan fingerprint density at radius 1 is 1.33 bits per heavy atom. The summed E-state index contributed by atoms with van der Waals surface area (Å²) in [7, 11) is 0. The Morgan fingerprint density at radius 3 is 3.00 bits per heavy atom. The molecule has 2 saturated heterocycles. The molecule has 0 aliphatic carbocycles. The monoisotopic (exact) mass is 264 g/mol. The van der Waals surface area contributed by atoms with Crippen LogP contribution in [0.5, 0.6) is 0 Å². The summed E-state index contributed by atoms with van der Waals surface area (Å²) in [6.07, 6.45) is 6.94. The van der Waals surface area contributed by atoms with Crippen LogP contribution in [0.1, 0.15) is 42.5 Å². The van der Waals surface area contributed by atoms with Crippen LogP contribution in [0.15, 0.2) is 11.4 Å². The van der Waals surface area contributed by atoms with E-state index in [1.807, 2.05) is 11.3 Å². The van der Waals surface area contributed by atoms with E-state index in [1.54, 1.807) is 4.88 Å². The predicted octanol–water partition coefficient (Wildman–Crippen LogP) is 3.16. The van der Waals surface area contributed by atoms with Gasteiger partial charge in [0.1, 0.15) is 0 Å². The number of thiophene rings is 1. The molecule has 2 fully saturated rings. The van der Waals surface area contributed by atoms with Gasteiger partial charge in [0.15, 0.2) is 0 Å². The second kappa shape index (κ2) is 5.72. The number of likely N-dealkylation sites (tertiary alicyclic amines) is 1. The third-order valence-corrected chi connectivity index (χ3v) is 5.55. The molecule has 3 rings (SSSR count). The lowest BCUT2D eigenvalue weighted by molar-refractivity contribution is 0.113. The number of hydrogen-bond donors (Lipinski definition) is 1. The van der Waals surface area contributed by atoms with Crippen molar-refractivity contribution in [3.63, 3.8) is 0 Å². The average molecular weight is 264 g/mol. The Labute approximate surface area is 114 Å². The van der Waals surface area contributed by atoms with Gasteiger partial charge in [-0.1, -0.05) is 6.42 Å². The van der Waals surface area contributed by atoms with E-state index < -0.39 is 0 Å². The van der Waals surface area contributed by atoms with Gasteiger partial charge in [-0.3, -0.25) is 4.90 Å². The molecule has 1 aromatic rings. The van der Waals surface area contributed by atoms with Gasteiger partial charge in [-0.25, -0.2) is 0 Å². The molecule has 2 unspecified atom stereocenters. The van der Waals surface area contributed by atoms with Gasteiger partial charge in [-0.15, -0.1) is 11.3 Å². The SMILES string of the molecule is Cc1ccsc1CN1CCCCC1C1CCCN1. The molecule has 0 amide bonds. The lowest BCUT2D eigenvalue weighted by Crippen LogP contribution is -2.49. The van der Waals surface area contributed by atoms with Crippen molar-refractivity contribution in [1.29, 1.82) is 0 Å². The zero-order valence-electron chi connectivity index (χ0n) is 11.3. The first-order chi connectivity index (χ1) is 8.84. The van der Waals surface area contributed by atoms with Gasteiger partial charge in [0.2, 0.25) is 0 Å². The minimum absolute atomic E-state index is 0.755. The average Bonchev–Trinajstić information content (AvgIpc) is 3.03. The highest BCUT2D eigenvalue weighted by Gasteiger charge is 2.31. The van der Waals surface area contributed by atoms with E-state index in [0.717, 1.165) is 12.1 Å². The van der Waals surface area contributed by atoms with Crippen LogP contribution < -0.4 is 5.32 Å². The fourth-order valence-electron chi connectivity index (χ4n) is 3.46. The summed E-state index contributed by atoms with van der Waals surface area (Å²) in [5, 5.41) is 5.95. The van der Waals surface area contributed by atoms with Crippen molar-refractivity contribution < 1.29 is 0 Å². The third-order valence-electron chi connectivity index (χ3n) is 4.54. The van der Waals surface area contributed by atoms with Crippen LogP contribution in [0.25, 0.3) is 0 Å². The van der Waals surface area contributed by atoms with E-state index in [9.17, 15) is 0 Å². The molecule has 2 aliphatic rings. The summed E-state index contributed by atoms with van der Waals surface area (Å²) in [5.41, 5.74) is 1.48. The molecule has 3 heteroatoms. The predicted molar refractivity (Wildman–Crippen MR) is 78.1 cm³/mol. The van der Waals surface area contributed by atoms with Crippen LogP contribution in [-0.2, 0) is 6.54 Å². The van der Waals surface area contributed by atoms with Crippen LogP contribution >= 0.6 is 11.3 Å². The summed E-state index contributed by atoms with van der Waals surface area (Å²) in [4.78, 5) is 4.31. The number of aryl methyl sites for hydroxylation is 1. The van der Waals surface area contributed by atoms with E-state index in [-0.39, 0.29) is 0 Å². The Bertz CT molecular complexity index is 382. The summed E-state index contributed by atoms with van der Waals surface area (Å²) in [6.45, 7) is 5.94. The second-order valence-corrected chi connectivity index (χ2v) is 6.76. The lowest BCUT2D eigenvalue weighted by atomic mass is 9.94. The second-order valence-electron chi connectivity index (χ2n) is 5.76. The minimum Gasteiger partial charge on any atom is -0.312 e. The maximum atomic E-state index is 3.71. The van der Waals surface area contributed by atoms with Crippen molar-refractivity contribution in [1.82, 2.24) is 10.2 Å². The van der Waals surface area contributed by atoms with Crippen LogP contribution in [0.2, 0.25) is 0 Å². The first-order valence-corrected chi connectivity index (χ1v) is 8.23. The number of nitrogens with zero attached hydrogens (tertiary/aromatic N) is 1. The number of piperidine rings is 1. The highest BCUT2D eigenvalue weighted by molar-refractivity contribution is 7.10. The van der Waals surface area contributed by atoms with Crippen molar-refractivity contribution in [3.05, 3.63) is 21.9 Å². The van der Waals surface area contributed by atoms with Gasteiger partial charge in [0, 0.05) is 23.5 Å². The Morgan fingerprint density at radius 2 is 2.28 bits per heavy atom. The fraction of sp³-hybridized carbons (Fsp3) is 0.733. The van der Waals surface area contributed by atoms with Gasteiger partial charge < -0.3 is 5.32 Å². The quantitative estimate of drug-likeness (QED) is 0.902. The van der Waals surface area contributed by atoms with E-state index in [2.05, 4.69) is 28.6 Å². The zero-order chi connectivity index (χ0) is 12.4. The highest BCUT2D eigenvalue weighted by atomic mass is 32.1. The van der Waals surface area contributed by atoms with Gasteiger partial charge in [-0.05, 0) is 62.7 Å². The van der Waals surface area contributed by atoms with Crippen molar-refractivity contribution >= 4 is 11.3 Å². The van der Waals surface area contributed by atoms with Gasteiger partial charge in [0.05, 0.1) is 0 Å². The molecule has 0 spiro atoms. The summed E-state index contributed by atoms with van der Waals surface area (Å²) < 4.78 is 0. The van der Waals surface area contributed by atoms with Crippen LogP contribution in [-0.4, -0.2) is 30.1 Å². The molecular formula is C15H24N2S. The van der Waals surface area contributed by atoms with Crippen molar-refractivity contribution in [3.8, 4) is 0 Å². The zero-order valence-corrected chi connectivity index (χ0v) is 12.1. The van der Waals surface area contributed by atoms with Gasteiger partial charge >= 0.3 is 0 Å². The van der Waals surface area contributed by atoms with Gasteiger partial charge in [-0.2, -0.15) is 0 Å². The maximum absolute atomic E-state index is 3.71. The fourth-order valence-corrected chi connectivity index (χ4v) is 4.39. The molecule has 18 heavy (non-hydrogen) atoms. The van der Waals surface area contributed by atoms with Crippen LogP contribution in [0, 0.1) is 6.92 Å². The molecule has 2 nitrogen and oxygen atoms in total. The summed E-state index contributed by atoms with van der Waals surface area (Å²) in [6, 6.07) is 3.79. The molecule has 0 radical (unpaired) electrons. The molecule has 0 aromatic carbocycles. The summed E-state index contributed by atoms with van der Waals surface area (Å²) in [5.74, 6) is 0. The molecule has 1 aromatic heterocycles. The molecule has 2 atom stereocenters. The third kappa shape index (κ3) is 2.63. The van der Waals surface area contributed by atoms with E-state index in [4.69, 9.17) is 0 Å². The molecule has 1 N–H and O–H groups in total. The highest BCUT2D eigenvalue weighted by Crippen LogP contribution is 2.27. The summed E-state index contributed by atoms with van der Waals surface area (Å²) >= 11 is 1.93. The Kier molecular flexibility index (Phi) is 4.02. The first kappa shape index (κ1) is 12.6. The molecule has 3 heterocycles. The van der Waals surface area contributed by atoms with E-state index in [1.165, 1.54) is 57.3 Å². The normalized spacial score (nSPS) is 29.8. The number of rotatable bonds is 3. The van der Waals surface area contributed by atoms with Crippen LogP contribution in [0.4, 0.5) is 0 Å². The van der Waals surface area contributed by atoms with E-state index in [0.29, 0.717) is 0 Å². The molecule has 100 valence electrons. The van der Waals surface area contributed by atoms with Crippen molar-refractivity contribution in [2.45, 2.75) is 57.7 Å². The standard InChI is InChI=1S/C15H24N2S/c1-12-7-10-18-15(12)11-17-9-3-2-6-14(17)13-5-4-8-16-13/h7,10,13-14,16H,2-6,8-9,11H2,1H3.